The maximum absolute atomic E-state index is 2.38. The summed E-state index contributed by atoms with van der Waals surface area (Å²) in [6, 6.07) is 56.2. The van der Waals surface area contributed by atoms with Crippen LogP contribution in [0.4, 0.5) is 0 Å². The highest BCUT2D eigenvalue weighted by atomic mass is 31.1. The third kappa shape index (κ3) is 8.69. The molecule has 0 radical (unpaired) electrons. The second-order valence-electron chi connectivity index (χ2n) is 9.81. The maximum Gasteiger partial charge on any atom is -0.00327 e. The molecule has 0 aliphatic heterocycles. The lowest BCUT2D eigenvalue weighted by Crippen LogP contribution is -2.14. The van der Waals surface area contributed by atoms with E-state index in [1.165, 1.54) is 58.7 Å². The van der Waals surface area contributed by atoms with Gasteiger partial charge >= 0.3 is 0 Å². The molecule has 0 bridgehead atoms. The van der Waals surface area contributed by atoms with E-state index < -0.39 is 0 Å². The monoisotopic (exact) mass is 562 g/mol. The van der Waals surface area contributed by atoms with Crippen molar-refractivity contribution >= 4 is 39.7 Å². The second kappa shape index (κ2) is 15.2. The molecule has 0 nitrogen and oxygen atoms in total. The normalized spacial score (nSPS) is 13.4. The molecule has 0 amide bonds. The van der Waals surface area contributed by atoms with Crippen LogP contribution in [0.3, 0.4) is 0 Å². The molecule has 0 aliphatic rings. The minimum atomic E-state index is -0.243. The van der Waals surface area contributed by atoms with Gasteiger partial charge in [-0.25, -0.2) is 0 Å². The molecule has 0 saturated carbocycles. The lowest BCUT2D eigenvalue weighted by molar-refractivity contribution is 1.34. The number of benzene rings is 5. The van der Waals surface area contributed by atoms with Crippen LogP contribution < -0.4 is 15.9 Å². The zero-order valence-electron chi connectivity index (χ0n) is 22.5. The van der Waals surface area contributed by atoms with Gasteiger partial charge in [0, 0.05) is 0 Å². The molecule has 0 aromatic heterocycles. The van der Waals surface area contributed by atoms with Gasteiger partial charge in [-0.1, -0.05) is 175 Å². The molecule has 196 valence electrons. The van der Waals surface area contributed by atoms with E-state index in [9.17, 15) is 0 Å². The smallest absolute Gasteiger partial charge is 0.00327 e. The standard InChI is InChI=1S/C36H37P3/c1-6-16-32(17-7-1)30-38(35-22-12-4-13-23-35)28-26-37(34-20-10-3-11-21-34)27-29-39(36-24-14-5-15-25-36)31-33-18-8-2-9-19-33/h1-25H,26-31H2. The lowest BCUT2D eigenvalue weighted by atomic mass is 10.2. The van der Waals surface area contributed by atoms with Crippen LogP contribution in [0, 0.1) is 0 Å². The maximum atomic E-state index is 2.38. The zero-order valence-corrected chi connectivity index (χ0v) is 25.2. The Morgan fingerprint density at radius 1 is 0.282 bits per heavy atom. The van der Waals surface area contributed by atoms with Crippen LogP contribution in [0.15, 0.2) is 152 Å². The van der Waals surface area contributed by atoms with Gasteiger partial charge in [0.2, 0.25) is 0 Å². The van der Waals surface area contributed by atoms with E-state index >= 15 is 0 Å². The van der Waals surface area contributed by atoms with Crippen molar-refractivity contribution in [3.8, 4) is 0 Å². The summed E-state index contributed by atoms with van der Waals surface area (Å²) in [4.78, 5) is 0. The van der Waals surface area contributed by atoms with Crippen LogP contribution in [-0.4, -0.2) is 24.6 Å². The van der Waals surface area contributed by atoms with Crippen LogP contribution >= 0.6 is 23.8 Å². The highest BCUT2D eigenvalue weighted by Gasteiger charge is 2.19. The fourth-order valence-electron chi connectivity index (χ4n) is 4.98. The lowest BCUT2D eigenvalue weighted by Gasteiger charge is -2.26. The van der Waals surface area contributed by atoms with E-state index in [4.69, 9.17) is 0 Å². The molecule has 0 spiro atoms. The van der Waals surface area contributed by atoms with E-state index in [2.05, 4.69) is 152 Å². The molecule has 5 rings (SSSR count). The number of rotatable bonds is 13. The van der Waals surface area contributed by atoms with Gasteiger partial charge in [-0.05, 0) is 64.0 Å². The summed E-state index contributed by atoms with van der Waals surface area (Å²) in [7, 11) is -0.704. The summed E-state index contributed by atoms with van der Waals surface area (Å²) in [5.41, 5.74) is 2.93. The Morgan fingerprint density at radius 3 is 0.872 bits per heavy atom. The summed E-state index contributed by atoms with van der Waals surface area (Å²) in [5.74, 6) is 0. The largest absolute Gasteiger partial charge is 0.0746 e. The summed E-state index contributed by atoms with van der Waals surface area (Å²) < 4.78 is 0. The van der Waals surface area contributed by atoms with Crippen molar-refractivity contribution < 1.29 is 0 Å². The van der Waals surface area contributed by atoms with Crippen molar-refractivity contribution in [2.75, 3.05) is 24.6 Å². The van der Waals surface area contributed by atoms with E-state index in [1.54, 1.807) is 5.30 Å². The van der Waals surface area contributed by atoms with Crippen LogP contribution in [0.5, 0.6) is 0 Å². The summed E-state index contributed by atoms with van der Waals surface area (Å²) >= 11 is 0. The summed E-state index contributed by atoms with van der Waals surface area (Å²) in [5, 5.41) is 4.64. The summed E-state index contributed by atoms with van der Waals surface area (Å²) in [6.07, 6.45) is 7.52. The minimum Gasteiger partial charge on any atom is -0.0746 e. The fraction of sp³-hybridized carbons (Fsp3) is 0.167. The van der Waals surface area contributed by atoms with Gasteiger partial charge in [-0.2, -0.15) is 0 Å². The molecule has 2 unspecified atom stereocenters. The SMILES string of the molecule is c1ccc(CP(CCP(CCP(Cc2ccccc2)c2ccccc2)c2ccccc2)c2ccccc2)cc1. The molecule has 0 heterocycles. The molecule has 0 saturated heterocycles. The van der Waals surface area contributed by atoms with Crippen LogP contribution in [0.1, 0.15) is 11.1 Å². The van der Waals surface area contributed by atoms with Crippen molar-refractivity contribution in [1.29, 1.82) is 0 Å². The van der Waals surface area contributed by atoms with Gasteiger partial charge in [-0.3, -0.25) is 0 Å². The molecule has 3 heteroatoms. The van der Waals surface area contributed by atoms with Gasteiger partial charge < -0.3 is 0 Å². The number of hydrogen-bond donors (Lipinski definition) is 0. The Hall–Kier alpha value is -2.61. The molecule has 5 aromatic rings. The average molecular weight is 563 g/mol. The van der Waals surface area contributed by atoms with E-state index in [-0.39, 0.29) is 23.8 Å². The molecule has 2 atom stereocenters. The Bertz CT molecular complexity index is 1250. The van der Waals surface area contributed by atoms with E-state index in [1.807, 2.05) is 0 Å². The molecular formula is C36H37P3. The van der Waals surface area contributed by atoms with Crippen molar-refractivity contribution in [2.24, 2.45) is 0 Å². The Kier molecular flexibility index (Phi) is 10.9. The molecule has 5 aromatic carbocycles. The molecule has 0 aliphatic carbocycles. The Balaban J connectivity index is 1.34. The predicted molar refractivity (Wildman–Crippen MR) is 179 cm³/mol. The van der Waals surface area contributed by atoms with Crippen molar-refractivity contribution in [3.63, 3.8) is 0 Å². The van der Waals surface area contributed by atoms with Crippen LogP contribution in [-0.2, 0) is 12.3 Å². The van der Waals surface area contributed by atoms with Gasteiger partial charge in [-0.15, -0.1) is 0 Å². The first-order valence-corrected chi connectivity index (χ1v) is 19.0. The fourth-order valence-corrected chi connectivity index (χ4v) is 13.9. The molecule has 0 N–H and O–H groups in total. The Labute approximate surface area is 238 Å². The van der Waals surface area contributed by atoms with Crippen LogP contribution in [0.2, 0.25) is 0 Å². The third-order valence-electron chi connectivity index (χ3n) is 7.08. The topological polar surface area (TPSA) is 0 Å². The van der Waals surface area contributed by atoms with Gasteiger partial charge in [0.1, 0.15) is 0 Å². The van der Waals surface area contributed by atoms with E-state index in [0.717, 1.165) is 0 Å². The first-order valence-electron chi connectivity index (χ1n) is 13.8. The van der Waals surface area contributed by atoms with Gasteiger partial charge in [0.05, 0.1) is 0 Å². The highest BCUT2D eigenvalue weighted by molar-refractivity contribution is 7.70. The zero-order chi connectivity index (χ0) is 26.5. The summed E-state index contributed by atoms with van der Waals surface area (Å²) in [6.45, 7) is 0. The van der Waals surface area contributed by atoms with Crippen molar-refractivity contribution in [2.45, 2.75) is 12.3 Å². The van der Waals surface area contributed by atoms with E-state index in [0.29, 0.717) is 0 Å². The molecule has 0 fully saturated rings. The Morgan fingerprint density at radius 2 is 0.538 bits per heavy atom. The quantitative estimate of drug-likeness (QED) is 0.126. The van der Waals surface area contributed by atoms with Crippen LogP contribution in [0.25, 0.3) is 0 Å². The molecular weight excluding hydrogens is 525 g/mol. The van der Waals surface area contributed by atoms with Crippen molar-refractivity contribution in [1.82, 2.24) is 0 Å². The second-order valence-corrected chi connectivity index (χ2v) is 17.0. The predicted octanol–water partition coefficient (Wildman–Crippen LogP) is 8.81. The first-order chi connectivity index (χ1) is 19.3. The molecule has 39 heavy (non-hydrogen) atoms. The van der Waals surface area contributed by atoms with Gasteiger partial charge in [0.25, 0.3) is 0 Å². The first kappa shape index (κ1) is 27.9. The van der Waals surface area contributed by atoms with Gasteiger partial charge in [0.15, 0.2) is 0 Å². The van der Waals surface area contributed by atoms with Crippen molar-refractivity contribution in [3.05, 3.63) is 163 Å². The minimum absolute atomic E-state index is 0.218. The highest BCUT2D eigenvalue weighted by Crippen LogP contribution is 2.47. The number of hydrogen-bond acceptors (Lipinski definition) is 0. The third-order valence-corrected chi connectivity index (χ3v) is 15.4. The average Bonchev–Trinajstić information content (AvgIpc) is 3.02.